The van der Waals surface area contributed by atoms with Gasteiger partial charge >= 0.3 is 12.2 Å². The fraction of sp³-hybridized carbons (Fsp3) is 0.310. The normalized spacial score (nSPS) is 11.6. The van der Waals surface area contributed by atoms with Crippen molar-refractivity contribution in [3.63, 3.8) is 0 Å². The van der Waals surface area contributed by atoms with Crippen LogP contribution in [0.5, 0.6) is 0 Å². The molecule has 2 aromatic heterocycles. The number of rotatable bonds is 11. The molecule has 0 bridgehead atoms. The van der Waals surface area contributed by atoms with E-state index in [1.165, 1.54) is 17.7 Å². The average molecular weight is 618 g/mol. The van der Waals surface area contributed by atoms with Gasteiger partial charge in [0.25, 0.3) is 0 Å². The van der Waals surface area contributed by atoms with Gasteiger partial charge in [0, 0.05) is 35.6 Å². The molecule has 2 aromatic carbocycles. The van der Waals surface area contributed by atoms with Gasteiger partial charge in [0.2, 0.25) is 5.91 Å². The Morgan fingerprint density at radius 1 is 1.02 bits per heavy atom. The highest BCUT2D eigenvalue weighted by Gasteiger charge is 2.31. The number of thiophene rings is 1. The van der Waals surface area contributed by atoms with Crippen molar-refractivity contribution in [3.8, 4) is 11.1 Å². The zero-order valence-electron chi connectivity index (χ0n) is 23.5. The number of halogens is 4. The molecule has 0 spiro atoms. The molecule has 4 rings (SSSR count). The topological polar surface area (TPSA) is 125 Å². The molecule has 0 aliphatic heterocycles. The Kier molecular flexibility index (Phi) is 10.1. The lowest BCUT2D eigenvalue weighted by molar-refractivity contribution is -0.137. The smallest absolute Gasteiger partial charge is 0.383 e. The number of carbonyl (C=O) groups excluding carboxylic acids is 2. The number of nitrogens with zero attached hydrogens (tertiary/aromatic N) is 3. The Balaban J connectivity index is 1.48. The minimum atomic E-state index is -4.69. The molecule has 0 saturated carbocycles. The molecular weight excluding hydrogens is 586 g/mol. The van der Waals surface area contributed by atoms with E-state index in [1.54, 1.807) is 24.3 Å². The summed E-state index contributed by atoms with van der Waals surface area (Å²) in [6.07, 6.45) is -2.61. The molecule has 0 saturated heterocycles. The fourth-order valence-electron chi connectivity index (χ4n) is 4.49. The average Bonchev–Trinajstić information content (AvgIpc) is 3.35. The van der Waals surface area contributed by atoms with Crippen LogP contribution in [0.4, 0.5) is 39.5 Å². The highest BCUT2D eigenvalue weighted by Crippen LogP contribution is 2.41. The number of aryl methyl sites for hydroxylation is 1. The third-order valence-corrected chi connectivity index (χ3v) is 7.95. The summed E-state index contributed by atoms with van der Waals surface area (Å²) < 4.78 is 53.0. The van der Waals surface area contributed by atoms with Crippen LogP contribution in [0, 0.1) is 5.82 Å². The Labute approximate surface area is 249 Å². The maximum absolute atomic E-state index is 14.0. The van der Waals surface area contributed by atoms with Crippen molar-refractivity contribution in [3.05, 3.63) is 65.0 Å². The van der Waals surface area contributed by atoms with Crippen molar-refractivity contribution in [2.45, 2.75) is 32.9 Å². The number of likely N-dealkylation sites (N-methyl/N-ethyl adjacent to an activating group) is 1. The van der Waals surface area contributed by atoms with Gasteiger partial charge in [-0.15, -0.1) is 11.3 Å². The highest BCUT2D eigenvalue weighted by molar-refractivity contribution is 7.19. The zero-order chi connectivity index (χ0) is 31.1. The molecule has 2 heterocycles. The van der Waals surface area contributed by atoms with Crippen molar-refractivity contribution in [1.82, 2.24) is 20.2 Å². The van der Waals surface area contributed by atoms with Crippen LogP contribution in [0.1, 0.15) is 30.7 Å². The van der Waals surface area contributed by atoms with Crippen molar-refractivity contribution in [2.24, 2.45) is 0 Å². The second-order valence-corrected chi connectivity index (χ2v) is 10.6. The van der Waals surface area contributed by atoms with Crippen LogP contribution in [0.15, 0.2) is 48.8 Å². The van der Waals surface area contributed by atoms with Crippen LogP contribution in [-0.2, 0) is 17.4 Å². The number of nitrogens with two attached hydrogens (primary N) is 1. The van der Waals surface area contributed by atoms with E-state index in [2.05, 4.69) is 44.7 Å². The number of nitrogens with one attached hydrogen (secondary N) is 3. The van der Waals surface area contributed by atoms with E-state index >= 15 is 0 Å². The summed E-state index contributed by atoms with van der Waals surface area (Å²) in [4.78, 5) is 37.3. The molecule has 0 atom stereocenters. The van der Waals surface area contributed by atoms with E-state index in [1.807, 2.05) is 0 Å². The third-order valence-electron chi connectivity index (χ3n) is 6.79. The first-order valence-electron chi connectivity index (χ1n) is 13.6. The molecule has 0 fully saturated rings. The number of fused-ring (bicyclic) bond motifs is 1. The summed E-state index contributed by atoms with van der Waals surface area (Å²) >= 11 is 1.42. The van der Waals surface area contributed by atoms with Gasteiger partial charge in [-0.25, -0.2) is 19.2 Å². The van der Waals surface area contributed by atoms with Crippen LogP contribution in [0.2, 0.25) is 0 Å². The van der Waals surface area contributed by atoms with Crippen LogP contribution in [-0.4, -0.2) is 53.0 Å². The molecule has 0 aliphatic rings. The van der Waals surface area contributed by atoms with Gasteiger partial charge in [0.05, 0.1) is 16.6 Å². The summed E-state index contributed by atoms with van der Waals surface area (Å²) in [5.74, 6) is -0.791. The first-order chi connectivity index (χ1) is 20.5. The van der Waals surface area contributed by atoms with E-state index < -0.39 is 29.3 Å². The van der Waals surface area contributed by atoms with Crippen molar-refractivity contribution < 1.29 is 27.2 Å². The molecule has 0 radical (unpaired) electrons. The van der Waals surface area contributed by atoms with Gasteiger partial charge in [-0.1, -0.05) is 26.0 Å². The summed E-state index contributed by atoms with van der Waals surface area (Å²) in [5.41, 5.74) is 6.33. The monoisotopic (exact) mass is 617 g/mol. The lowest BCUT2D eigenvalue weighted by Crippen LogP contribution is -2.34. The van der Waals surface area contributed by atoms with Gasteiger partial charge in [-0.05, 0) is 55.4 Å². The lowest BCUT2D eigenvalue weighted by Gasteiger charge is -2.17. The first kappa shape index (κ1) is 31.6. The van der Waals surface area contributed by atoms with Crippen molar-refractivity contribution in [2.75, 3.05) is 42.5 Å². The zero-order valence-corrected chi connectivity index (χ0v) is 24.3. The maximum atomic E-state index is 14.0. The largest absolute Gasteiger partial charge is 0.416 e. The second-order valence-electron chi connectivity index (χ2n) is 9.56. The van der Waals surface area contributed by atoms with Crippen molar-refractivity contribution in [1.29, 1.82) is 0 Å². The van der Waals surface area contributed by atoms with E-state index in [4.69, 9.17) is 5.73 Å². The number of amides is 3. The SMILES string of the molecule is CCN(CC)CCNC(=O)CCc1sc2ncnc(N)c2c1-c1ccc(NC(=O)Nc2cc(C(F)(F)F)ccc2F)cc1. The first-order valence-corrected chi connectivity index (χ1v) is 14.4. The van der Waals surface area contributed by atoms with Gasteiger partial charge in [0.1, 0.15) is 22.8 Å². The number of hydrogen-bond acceptors (Lipinski definition) is 7. The summed E-state index contributed by atoms with van der Waals surface area (Å²) in [6, 6.07) is 7.47. The molecule has 3 amide bonds. The Bertz CT molecular complexity index is 1590. The molecule has 5 N–H and O–H groups in total. The Morgan fingerprint density at radius 3 is 2.42 bits per heavy atom. The number of hydrogen-bond donors (Lipinski definition) is 4. The van der Waals surface area contributed by atoms with Crippen LogP contribution < -0.4 is 21.7 Å². The standard InChI is InChI=1S/C29H31F4N7O2S/c1-3-40(4-2)14-13-35-23(41)12-11-22-24(25-26(34)36-16-37-27(25)43-22)17-5-8-19(9-6-17)38-28(42)39-21-15-18(29(31,32)33)7-10-20(21)30/h5-10,15-16H,3-4,11-14H2,1-2H3,(H,35,41)(H2,34,36,37)(H2,38,39,42). The Hall–Kier alpha value is -4.30. The van der Waals surface area contributed by atoms with E-state index in [0.29, 0.717) is 47.1 Å². The fourth-order valence-corrected chi connectivity index (χ4v) is 5.66. The van der Waals surface area contributed by atoms with E-state index in [0.717, 1.165) is 35.6 Å². The number of benzene rings is 2. The minimum Gasteiger partial charge on any atom is -0.383 e. The molecular formula is C29H31F4N7O2S. The van der Waals surface area contributed by atoms with Gasteiger partial charge < -0.3 is 26.6 Å². The maximum Gasteiger partial charge on any atom is 0.416 e. The highest BCUT2D eigenvalue weighted by atomic mass is 32.1. The van der Waals surface area contributed by atoms with Gasteiger partial charge in [-0.3, -0.25) is 4.79 Å². The Morgan fingerprint density at radius 2 is 1.74 bits per heavy atom. The molecule has 43 heavy (non-hydrogen) atoms. The summed E-state index contributed by atoms with van der Waals surface area (Å²) in [6.45, 7) is 7.29. The number of anilines is 3. The quantitative estimate of drug-likeness (QED) is 0.150. The third kappa shape index (κ3) is 7.96. The molecule has 0 aliphatic carbocycles. The number of aromatic nitrogens is 2. The predicted octanol–water partition coefficient (Wildman–Crippen LogP) is 6.13. The predicted molar refractivity (Wildman–Crippen MR) is 160 cm³/mol. The van der Waals surface area contributed by atoms with E-state index in [-0.39, 0.29) is 18.1 Å². The molecule has 0 unspecified atom stereocenters. The molecule has 4 aromatic rings. The summed E-state index contributed by atoms with van der Waals surface area (Å²) in [7, 11) is 0. The molecule has 228 valence electrons. The number of alkyl halides is 3. The lowest BCUT2D eigenvalue weighted by atomic mass is 10.0. The molecule has 9 nitrogen and oxygen atoms in total. The van der Waals surface area contributed by atoms with Crippen LogP contribution >= 0.6 is 11.3 Å². The van der Waals surface area contributed by atoms with Crippen LogP contribution in [0.25, 0.3) is 21.3 Å². The number of nitrogen functional groups attached to an aromatic ring is 1. The summed E-state index contributed by atoms with van der Waals surface area (Å²) in [5, 5.41) is 8.21. The van der Waals surface area contributed by atoms with Crippen molar-refractivity contribution >= 4 is 50.7 Å². The number of urea groups is 1. The van der Waals surface area contributed by atoms with Crippen LogP contribution in [0.3, 0.4) is 0 Å². The number of carbonyl (C=O) groups is 2. The molecule has 14 heteroatoms. The van der Waals surface area contributed by atoms with Gasteiger partial charge in [-0.2, -0.15) is 13.2 Å². The van der Waals surface area contributed by atoms with E-state index in [9.17, 15) is 27.2 Å². The minimum absolute atomic E-state index is 0.0719. The second kappa shape index (κ2) is 13.8. The van der Waals surface area contributed by atoms with Gasteiger partial charge in [0.15, 0.2) is 0 Å².